The summed E-state index contributed by atoms with van der Waals surface area (Å²) in [5, 5.41) is 11.7. The van der Waals surface area contributed by atoms with E-state index in [1.54, 1.807) is 12.1 Å². The number of nitrogens with zero attached hydrogens (tertiary/aromatic N) is 2. The van der Waals surface area contributed by atoms with E-state index >= 15 is 0 Å². The summed E-state index contributed by atoms with van der Waals surface area (Å²) in [6.45, 7) is 0. The second-order valence-corrected chi connectivity index (χ2v) is 5.03. The Balaban J connectivity index is 2.02. The number of benzene rings is 2. The van der Waals surface area contributed by atoms with E-state index in [2.05, 4.69) is 0 Å². The predicted molar refractivity (Wildman–Crippen MR) is 82.6 cm³/mol. The average molecular weight is 282 g/mol. The zero-order chi connectivity index (χ0) is 15.0. The van der Waals surface area contributed by atoms with Crippen molar-refractivity contribution >= 4 is 22.3 Å². The molecular weight excluding hydrogens is 268 g/mol. The van der Waals surface area contributed by atoms with E-state index in [4.69, 9.17) is 4.42 Å². The highest BCUT2D eigenvalue weighted by Gasteiger charge is 2.10. The van der Waals surface area contributed by atoms with E-state index in [1.165, 1.54) is 12.1 Å². The molecule has 0 aliphatic heterocycles. The van der Waals surface area contributed by atoms with E-state index < -0.39 is 4.92 Å². The van der Waals surface area contributed by atoms with Crippen LogP contribution in [0.15, 0.2) is 52.9 Å². The van der Waals surface area contributed by atoms with E-state index in [1.807, 2.05) is 43.3 Å². The first-order valence-corrected chi connectivity index (χ1v) is 6.50. The number of nitro groups is 1. The summed E-state index contributed by atoms with van der Waals surface area (Å²) < 4.78 is 5.85. The van der Waals surface area contributed by atoms with Crippen LogP contribution in [0.1, 0.15) is 0 Å². The van der Waals surface area contributed by atoms with Crippen LogP contribution in [0.5, 0.6) is 0 Å². The molecule has 0 aliphatic rings. The lowest BCUT2D eigenvalue weighted by atomic mass is 10.1. The minimum Gasteiger partial charge on any atom is -0.456 e. The van der Waals surface area contributed by atoms with Gasteiger partial charge in [-0.2, -0.15) is 0 Å². The van der Waals surface area contributed by atoms with Gasteiger partial charge >= 0.3 is 0 Å². The van der Waals surface area contributed by atoms with Crippen LogP contribution in [0.4, 0.5) is 11.4 Å². The van der Waals surface area contributed by atoms with E-state index in [0.29, 0.717) is 5.76 Å². The van der Waals surface area contributed by atoms with Crippen molar-refractivity contribution < 1.29 is 9.34 Å². The normalized spacial score (nSPS) is 10.8. The number of hydrogen-bond acceptors (Lipinski definition) is 4. The van der Waals surface area contributed by atoms with Gasteiger partial charge in [0.1, 0.15) is 11.3 Å². The highest BCUT2D eigenvalue weighted by Crippen LogP contribution is 2.30. The number of nitro benzene ring substituents is 1. The fraction of sp³-hybridized carbons (Fsp3) is 0.125. The Labute approximate surface area is 121 Å². The second-order valence-electron chi connectivity index (χ2n) is 5.03. The van der Waals surface area contributed by atoms with Gasteiger partial charge in [-0.05, 0) is 30.3 Å². The Morgan fingerprint density at radius 3 is 2.38 bits per heavy atom. The molecule has 0 radical (unpaired) electrons. The monoisotopic (exact) mass is 282 g/mol. The van der Waals surface area contributed by atoms with Crippen molar-refractivity contribution in [1.29, 1.82) is 0 Å². The van der Waals surface area contributed by atoms with E-state index in [0.717, 1.165) is 22.2 Å². The van der Waals surface area contributed by atoms with Crippen LogP contribution in [0.3, 0.4) is 0 Å². The van der Waals surface area contributed by atoms with Crippen molar-refractivity contribution in [3.05, 3.63) is 58.6 Å². The molecule has 0 fully saturated rings. The van der Waals surface area contributed by atoms with Crippen LogP contribution in [-0.4, -0.2) is 19.0 Å². The lowest BCUT2D eigenvalue weighted by molar-refractivity contribution is -0.384. The molecular formula is C16H14N2O3. The number of hydrogen-bond donors (Lipinski definition) is 0. The summed E-state index contributed by atoms with van der Waals surface area (Å²) in [4.78, 5) is 12.3. The third kappa shape index (κ3) is 2.45. The van der Waals surface area contributed by atoms with Gasteiger partial charge in [-0.15, -0.1) is 0 Å². The Morgan fingerprint density at radius 1 is 1.05 bits per heavy atom. The number of rotatable bonds is 3. The summed E-state index contributed by atoms with van der Waals surface area (Å²) in [6.07, 6.45) is 0. The maximum absolute atomic E-state index is 10.7. The summed E-state index contributed by atoms with van der Waals surface area (Å²) in [5.41, 5.74) is 2.76. The third-order valence-corrected chi connectivity index (χ3v) is 3.38. The Hall–Kier alpha value is -2.82. The topological polar surface area (TPSA) is 59.5 Å². The molecule has 0 atom stereocenters. The van der Waals surface area contributed by atoms with Gasteiger partial charge < -0.3 is 9.32 Å². The molecule has 5 nitrogen and oxygen atoms in total. The minimum atomic E-state index is -0.411. The summed E-state index contributed by atoms with van der Waals surface area (Å²) >= 11 is 0. The van der Waals surface area contributed by atoms with Crippen molar-refractivity contribution in [1.82, 2.24) is 0 Å². The van der Waals surface area contributed by atoms with Gasteiger partial charge in [0.05, 0.1) is 4.92 Å². The Bertz CT molecular complexity index is 804. The standard InChI is InChI=1S/C16H14N2O3/c1-17(2)14-8-5-12-9-15(21-16(12)10-14)11-3-6-13(7-4-11)18(19)20/h3-10H,1-2H3. The van der Waals surface area contributed by atoms with Crippen LogP contribution < -0.4 is 4.90 Å². The molecule has 106 valence electrons. The van der Waals surface area contributed by atoms with Crippen molar-refractivity contribution in [2.24, 2.45) is 0 Å². The van der Waals surface area contributed by atoms with Crippen molar-refractivity contribution in [2.75, 3.05) is 19.0 Å². The summed E-state index contributed by atoms with van der Waals surface area (Å²) in [5.74, 6) is 0.704. The van der Waals surface area contributed by atoms with Crippen LogP contribution in [0.25, 0.3) is 22.3 Å². The summed E-state index contributed by atoms with van der Waals surface area (Å²) in [6, 6.07) is 14.3. The number of anilines is 1. The van der Waals surface area contributed by atoms with Crippen molar-refractivity contribution in [3.63, 3.8) is 0 Å². The number of non-ortho nitro benzene ring substituents is 1. The lowest BCUT2D eigenvalue weighted by Crippen LogP contribution is -2.07. The first-order chi connectivity index (χ1) is 10.0. The molecule has 0 spiro atoms. The van der Waals surface area contributed by atoms with Gasteiger partial charge in [0.25, 0.3) is 5.69 Å². The van der Waals surface area contributed by atoms with Crippen LogP contribution in [0.2, 0.25) is 0 Å². The fourth-order valence-corrected chi connectivity index (χ4v) is 2.19. The summed E-state index contributed by atoms with van der Waals surface area (Å²) in [7, 11) is 3.95. The van der Waals surface area contributed by atoms with Crippen molar-refractivity contribution in [3.8, 4) is 11.3 Å². The average Bonchev–Trinajstić information content (AvgIpc) is 2.90. The second kappa shape index (κ2) is 4.94. The molecule has 0 bridgehead atoms. The molecule has 1 aromatic heterocycles. The lowest BCUT2D eigenvalue weighted by Gasteiger charge is -2.11. The maximum atomic E-state index is 10.7. The van der Waals surface area contributed by atoms with Gasteiger partial charge in [0, 0.05) is 48.9 Å². The SMILES string of the molecule is CN(C)c1ccc2cc(-c3ccc([N+](=O)[O-])cc3)oc2c1. The Morgan fingerprint density at radius 2 is 1.76 bits per heavy atom. The molecule has 0 saturated heterocycles. The zero-order valence-electron chi connectivity index (χ0n) is 11.7. The van der Waals surface area contributed by atoms with Gasteiger partial charge in [-0.3, -0.25) is 10.1 Å². The number of fused-ring (bicyclic) bond motifs is 1. The van der Waals surface area contributed by atoms with E-state index in [9.17, 15) is 10.1 Å². The van der Waals surface area contributed by atoms with Gasteiger partial charge in [0.15, 0.2) is 0 Å². The Kier molecular flexibility index (Phi) is 3.10. The molecule has 1 heterocycles. The zero-order valence-corrected chi connectivity index (χ0v) is 11.7. The molecule has 21 heavy (non-hydrogen) atoms. The quantitative estimate of drug-likeness (QED) is 0.536. The molecule has 0 N–H and O–H groups in total. The van der Waals surface area contributed by atoms with E-state index in [-0.39, 0.29) is 5.69 Å². The van der Waals surface area contributed by atoms with Gasteiger partial charge in [-0.1, -0.05) is 0 Å². The minimum absolute atomic E-state index is 0.0738. The first kappa shape index (κ1) is 13.2. The smallest absolute Gasteiger partial charge is 0.269 e. The molecule has 5 heteroatoms. The first-order valence-electron chi connectivity index (χ1n) is 6.50. The molecule has 0 aliphatic carbocycles. The molecule has 2 aromatic carbocycles. The fourth-order valence-electron chi connectivity index (χ4n) is 2.19. The molecule has 0 unspecified atom stereocenters. The van der Waals surface area contributed by atoms with Crippen molar-refractivity contribution in [2.45, 2.75) is 0 Å². The maximum Gasteiger partial charge on any atom is 0.269 e. The molecule has 0 amide bonds. The highest BCUT2D eigenvalue weighted by molar-refractivity contribution is 5.85. The molecule has 0 saturated carbocycles. The van der Waals surface area contributed by atoms with Gasteiger partial charge in [-0.25, -0.2) is 0 Å². The van der Waals surface area contributed by atoms with Crippen LogP contribution in [0, 0.1) is 10.1 Å². The van der Waals surface area contributed by atoms with Gasteiger partial charge in [0.2, 0.25) is 0 Å². The largest absolute Gasteiger partial charge is 0.456 e. The van der Waals surface area contributed by atoms with Crippen LogP contribution >= 0.6 is 0 Å². The molecule has 3 aromatic rings. The predicted octanol–water partition coefficient (Wildman–Crippen LogP) is 4.07. The van der Waals surface area contributed by atoms with Crippen LogP contribution in [-0.2, 0) is 0 Å². The number of furan rings is 1. The third-order valence-electron chi connectivity index (χ3n) is 3.38. The highest BCUT2D eigenvalue weighted by atomic mass is 16.6. The molecule has 3 rings (SSSR count).